The molecule has 1 aromatic heterocycles. The molecular formula is C21H24N4O2S. The lowest BCUT2D eigenvalue weighted by Gasteiger charge is -2.15. The molecule has 0 radical (unpaired) electrons. The van der Waals surface area contributed by atoms with Crippen LogP contribution in [0, 0.1) is 0 Å². The molecule has 28 heavy (non-hydrogen) atoms. The van der Waals surface area contributed by atoms with E-state index in [1.807, 2.05) is 35.8 Å². The van der Waals surface area contributed by atoms with Crippen LogP contribution >= 0.6 is 11.8 Å². The van der Waals surface area contributed by atoms with Crippen molar-refractivity contribution >= 4 is 17.7 Å². The second kappa shape index (κ2) is 9.41. The molecule has 0 aliphatic carbocycles. The van der Waals surface area contributed by atoms with Crippen LogP contribution in [0.4, 0.5) is 0 Å². The van der Waals surface area contributed by atoms with E-state index in [1.54, 1.807) is 13.4 Å². The van der Waals surface area contributed by atoms with E-state index in [0.717, 1.165) is 23.4 Å². The second-order valence-corrected chi connectivity index (χ2v) is 7.27. The molecule has 1 amide bonds. The van der Waals surface area contributed by atoms with Crippen molar-refractivity contribution in [2.24, 2.45) is 0 Å². The fourth-order valence-electron chi connectivity index (χ4n) is 2.86. The van der Waals surface area contributed by atoms with Gasteiger partial charge in [0.1, 0.15) is 12.1 Å². The van der Waals surface area contributed by atoms with Crippen molar-refractivity contribution in [1.29, 1.82) is 0 Å². The largest absolute Gasteiger partial charge is 0.495 e. The second-order valence-electron chi connectivity index (χ2n) is 6.33. The fraction of sp³-hybridized carbons (Fsp3) is 0.286. The zero-order valence-electron chi connectivity index (χ0n) is 16.3. The zero-order chi connectivity index (χ0) is 19.9. The molecule has 1 atom stereocenters. The SMILES string of the molecule is CCc1ccc(C(C)NC(=O)CSc2nncn2-c2ccccc2OC)cc1. The van der Waals surface area contributed by atoms with Crippen LogP contribution in [0.2, 0.25) is 0 Å². The highest BCUT2D eigenvalue weighted by atomic mass is 32.2. The van der Waals surface area contributed by atoms with Gasteiger partial charge >= 0.3 is 0 Å². The molecule has 7 heteroatoms. The minimum atomic E-state index is -0.0499. The standard InChI is InChI=1S/C21H24N4O2S/c1-4-16-9-11-17(12-10-16)15(2)23-20(26)13-28-21-24-22-14-25(21)18-7-5-6-8-19(18)27-3/h5-12,14-15H,4,13H2,1-3H3,(H,23,26). The highest BCUT2D eigenvalue weighted by Gasteiger charge is 2.14. The Bertz CT molecular complexity index is 924. The number of amides is 1. The topological polar surface area (TPSA) is 69.0 Å². The number of hydrogen-bond acceptors (Lipinski definition) is 5. The molecule has 1 unspecified atom stereocenters. The summed E-state index contributed by atoms with van der Waals surface area (Å²) in [5, 5.41) is 11.8. The van der Waals surface area contributed by atoms with E-state index in [0.29, 0.717) is 5.16 Å². The predicted octanol–water partition coefficient (Wildman–Crippen LogP) is 3.81. The van der Waals surface area contributed by atoms with Crippen LogP contribution < -0.4 is 10.1 Å². The van der Waals surface area contributed by atoms with E-state index in [9.17, 15) is 4.79 Å². The van der Waals surface area contributed by atoms with Gasteiger partial charge in [-0.2, -0.15) is 0 Å². The number of carbonyl (C=O) groups is 1. The van der Waals surface area contributed by atoms with E-state index in [1.165, 1.54) is 17.3 Å². The first-order valence-electron chi connectivity index (χ1n) is 9.16. The Labute approximate surface area is 169 Å². The minimum absolute atomic E-state index is 0.0494. The summed E-state index contributed by atoms with van der Waals surface area (Å²) in [6.07, 6.45) is 2.63. The van der Waals surface area contributed by atoms with Crippen molar-refractivity contribution in [2.75, 3.05) is 12.9 Å². The van der Waals surface area contributed by atoms with Gasteiger partial charge < -0.3 is 10.1 Å². The highest BCUT2D eigenvalue weighted by Crippen LogP contribution is 2.26. The number of hydrogen-bond donors (Lipinski definition) is 1. The number of thioether (sulfide) groups is 1. The van der Waals surface area contributed by atoms with E-state index < -0.39 is 0 Å². The van der Waals surface area contributed by atoms with Gasteiger partial charge in [0.2, 0.25) is 5.91 Å². The summed E-state index contributed by atoms with van der Waals surface area (Å²) in [5.74, 6) is 0.926. The molecule has 0 spiro atoms. The zero-order valence-corrected chi connectivity index (χ0v) is 17.1. The summed E-state index contributed by atoms with van der Waals surface area (Å²) in [4.78, 5) is 12.4. The third kappa shape index (κ3) is 4.72. The first kappa shape index (κ1) is 19.9. The summed E-state index contributed by atoms with van der Waals surface area (Å²) in [6.45, 7) is 4.11. The maximum Gasteiger partial charge on any atom is 0.230 e. The summed E-state index contributed by atoms with van der Waals surface area (Å²) < 4.78 is 7.23. The van der Waals surface area contributed by atoms with Crippen molar-refractivity contribution in [2.45, 2.75) is 31.5 Å². The Morgan fingerprint density at radius 1 is 1.21 bits per heavy atom. The number of methoxy groups -OCH3 is 1. The van der Waals surface area contributed by atoms with Gasteiger partial charge in [-0.05, 0) is 36.6 Å². The first-order chi connectivity index (χ1) is 13.6. The average molecular weight is 397 g/mol. The molecule has 146 valence electrons. The number of ether oxygens (including phenoxy) is 1. The summed E-state index contributed by atoms with van der Waals surface area (Å²) in [6, 6.07) is 15.9. The highest BCUT2D eigenvalue weighted by molar-refractivity contribution is 7.99. The number of aromatic nitrogens is 3. The van der Waals surface area contributed by atoms with Crippen molar-refractivity contribution in [1.82, 2.24) is 20.1 Å². The number of para-hydroxylation sites is 2. The molecule has 3 rings (SSSR count). The quantitative estimate of drug-likeness (QED) is 0.587. The number of rotatable bonds is 8. The number of benzene rings is 2. The average Bonchev–Trinajstić information content (AvgIpc) is 3.20. The Hall–Kier alpha value is -2.80. The van der Waals surface area contributed by atoms with Gasteiger partial charge in [0, 0.05) is 0 Å². The molecule has 0 saturated heterocycles. The van der Waals surface area contributed by atoms with Crippen molar-refractivity contribution < 1.29 is 9.53 Å². The van der Waals surface area contributed by atoms with Crippen LogP contribution in [-0.2, 0) is 11.2 Å². The summed E-state index contributed by atoms with van der Waals surface area (Å²) in [5.41, 5.74) is 3.21. The molecule has 0 bridgehead atoms. The van der Waals surface area contributed by atoms with Crippen LogP contribution in [0.15, 0.2) is 60.0 Å². The number of nitrogens with one attached hydrogen (secondary N) is 1. The Kier molecular flexibility index (Phi) is 6.71. The molecular weight excluding hydrogens is 372 g/mol. The molecule has 0 fully saturated rings. The predicted molar refractivity (Wildman–Crippen MR) is 111 cm³/mol. The number of carbonyl (C=O) groups excluding carboxylic acids is 1. The normalized spacial score (nSPS) is 11.8. The molecule has 1 N–H and O–H groups in total. The summed E-state index contributed by atoms with van der Waals surface area (Å²) >= 11 is 1.34. The van der Waals surface area contributed by atoms with Gasteiger partial charge in [-0.1, -0.05) is 55.1 Å². The maximum absolute atomic E-state index is 12.4. The van der Waals surface area contributed by atoms with Crippen LogP contribution in [0.5, 0.6) is 5.75 Å². The van der Waals surface area contributed by atoms with E-state index in [2.05, 4.69) is 46.7 Å². The Morgan fingerprint density at radius 2 is 1.96 bits per heavy atom. The Morgan fingerprint density at radius 3 is 2.68 bits per heavy atom. The fourth-order valence-corrected chi connectivity index (χ4v) is 3.59. The van der Waals surface area contributed by atoms with Crippen molar-refractivity contribution in [3.05, 3.63) is 66.0 Å². The van der Waals surface area contributed by atoms with E-state index in [4.69, 9.17) is 4.74 Å². The lowest BCUT2D eigenvalue weighted by Crippen LogP contribution is -2.28. The third-order valence-electron chi connectivity index (χ3n) is 4.46. The van der Waals surface area contributed by atoms with Gasteiger partial charge in [0.15, 0.2) is 5.16 Å². The Balaban J connectivity index is 1.61. The smallest absolute Gasteiger partial charge is 0.230 e. The van der Waals surface area contributed by atoms with Gasteiger partial charge in [-0.3, -0.25) is 9.36 Å². The molecule has 0 aliphatic rings. The molecule has 3 aromatic rings. The molecule has 1 heterocycles. The van der Waals surface area contributed by atoms with Crippen LogP contribution in [0.25, 0.3) is 5.69 Å². The van der Waals surface area contributed by atoms with Crippen LogP contribution in [0.3, 0.4) is 0 Å². The first-order valence-corrected chi connectivity index (χ1v) is 10.1. The minimum Gasteiger partial charge on any atom is -0.495 e. The van der Waals surface area contributed by atoms with Crippen molar-refractivity contribution in [3.8, 4) is 11.4 Å². The molecule has 0 aliphatic heterocycles. The van der Waals surface area contributed by atoms with Gasteiger partial charge in [-0.25, -0.2) is 0 Å². The molecule has 0 saturated carbocycles. The van der Waals surface area contributed by atoms with Gasteiger partial charge in [0.25, 0.3) is 0 Å². The van der Waals surface area contributed by atoms with Crippen LogP contribution in [-0.4, -0.2) is 33.5 Å². The van der Waals surface area contributed by atoms with E-state index in [-0.39, 0.29) is 17.7 Å². The number of nitrogens with zero attached hydrogens (tertiary/aromatic N) is 3. The monoisotopic (exact) mass is 396 g/mol. The van der Waals surface area contributed by atoms with Gasteiger partial charge in [-0.15, -0.1) is 10.2 Å². The molecule has 6 nitrogen and oxygen atoms in total. The number of aryl methyl sites for hydroxylation is 1. The van der Waals surface area contributed by atoms with Gasteiger partial charge in [0.05, 0.1) is 24.6 Å². The third-order valence-corrected chi connectivity index (χ3v) is 5.40. The summed E-state index contributed by atoms with van der Waals surface area (Å²) in [7, 11) is 1.62. The van der Waals surface area contributed by atoms with Crippen LogP contribution in [0.1, 0.15) is 31.0 Å². The maximum atomic E-state index is 12.4. The van der Waals surface area contributed by atoms with Crippen molar-refractivity contribution in [3.63, 3.8) is 0 Å². The lowest BCUT2D eigenvalue weighted by molar-refractivity contribution is -0.119. The molecule has 2 aromatic carbocycles. The van der Waals surface area contributed by atoms with E-state index >= 15 is 0 Å². The lowest BCUT2D eigenvalue weighted by atomic mass is 10.1.